The summed E-state index contributed by atoms with van der Waals surface area (Å²) in [6.45, 7) is 24.4. The van der Waals surface area contributed by atoms with Crippen LogP contribution in [0.4, 0.5) is 0 Å². The number of hydrogen-bond acceptors (Lipinski definition) is 0. The van der Waals surface area contributed by atoms with E-state index in [4.69, 9.17) is 0 Å². The van der Waals surface area contributed by atoms with Crippen molar-refractivity contribution in [2.24, 2.45) is 10.8 Å². The van der Waals surface area contributed by atoms with E-state index in [1.807, 2.05) is 11.1 Å². The summed E-state index contributed by atoms with van der Waals surface area (Å²) in [5, 5.41) is 0. The van der Waals surface area contributed by atoms with E-state index < -0.39 is 23.2 Å². The molecule has 0 bridgehead atoms. The molecule has 0 unspecified atom stereocenters. The predicted molar refractivity (Wildman–Crippen MR) is 106 cm³/mol. The molecule has 0 N–H and O–H groups in total. The van der Waals surface area contributed by atoms with Crippen molar-refractivity contribution >= 4 is 0 Å². The molecule has 3 rings (SSSR count). The second-order valence-electron chi connectivity index (χ2n) is 9.69. The van der Waals surface area contributed by atoms with Crippen molar-refractivity contribution in [1.29, 1.82) is 0 Å². The first kappa shape index (κ1) is 19.6. The monoisotopic (exact) mass is 414 g/mol. The molecule has 25 heavy (non-hydrogen) atoms. The summed E-state index contributed by atoms with van der Waals surface area (Å²) in [5.41, 5.74) is 13.7. The molecule has 0 amide bonds. The molecule has 1 heterocycles. The third-order valence-corrected chi connectivity index (χ3v) is 12.9. The maximum atomic E-state index is 2.50. The SMILES string of the molecule is CC1=C(C)C(C)(C)C([C]2(C3=C(C)C(C)=C(C)C3(C)C)CC[CH2][Zr]2)=C1C. The van der Waals surface area contributed by atoms with Gasteiger partial charge in [-0.3, -0.25) is 0 Å². The average molecular weight is 416 g/mol. The zero-order valence-corrected chi connectivity index (χ0v) is 20.6. The van der Waals surface area contributed by atoms with Gasteiger partial charge in [-0.25, -0.2) is 0 Å². The fourth-order valence-corrected chi connectivity index (χ4v) is 12.3. The van der Waals surface area contributed by atoms with Gasteiger partial charge in [-0.05, 0) is 0 Å². The summed E-state index contributed by atoms with van der Waals surface area (Å²) in [6, 6.07) is 0. The first-order chi connectivity index (χ1) is 11.4. The molecule has 0 aromatic rings. The first-order valence-electron chi connectivity index (χ1n) is 9.96. The van der Waals surface area contributed by atoms with E-state index in [-0.39, 0.29) is 10.8 Å². The normalized spacial score (nSPS) is 27.8. The standard InChI is InChI=1S/C24H36.Zr/c1-12-13-20(21-16(4)14(2)18(6)23(21,8)9)22-17(5)15(3)19(7)24(22,10)11;/h1,12-13H2,2-11H3;. The molecule has 136 valence electrons. The molecule has 0 nitrogen and oxygen atoms in total. The van der Waals surface area contributed by atoms with Crippen LogP contribution in [0.2, 0.25) is 7.25 Å². The third kappa shape index (κ3) is 2.40. The summed E-state index contributed by atoms with van der Waals surface area (Å²) in [6.07, 6.45) is 2.86. The van der Waals surface area contributed by atoms with Crippen LogP contribution in [0.15, 0.2) is 44.6 Å². The maximum absolute atomic E-state index is 2.50. The van der Waals surface area contributed by atoms with Crippen LogP contribution in [0.5, 0.6) is 0 Å². The summed E-state index contributed by atoms with van der Waals surface area (Å²) in [7, 11) is 0. The van der Waals surface area contributed by atoms with Gasteiger partial charge in [-0.15, -0.1) is 0 Å². The van der Waals surface area contributed by atoms with Gasteiger partial charge < -0.3 is 0 Å². The van der Waals surface area contributed by atoms with Gasteiger partial charge in [-0.1, -0.05) is 0 Å². The molecule has 0 aromatic heterocycles. The van der Waals surface area contributed by atoms with E-state index in [0.29, 0.717) is 3.12 Å². The van der Waals surface area contributed by atoms with Gasteiger partial charge in [0.25, 0.3) is 0 Å². The molecular weight excluding hydrogens is 379 g/mol. The van der Waals surface area contributed by atoms with Crippen LogP contribution in [0.25, 0.3) is 0 Å². The van der Waals surface area contributed by atoms with E-state index in [0.717, 1.165) is 0 Å². The van der Waals surface area contributed by atoms with E-state index in [1.54, 1.807) is 37.6 Å². The van der Waals surface area contributed by atoms with Crippen molar-refractivity contribution < 1.29 is 23.2 Å². The topological polar surface area (TPSA) is 0 Å². The second-order valence-corrected chi connectivity index (χ2v) is 13.9. The minimum absolute atomic E-state index is 0.229. The average Bonchev–Trinajstić information content (AvgIpc) is 3.09. The van der Waals surface area contributed by atoms with Crippen LogP contribution in [0, 0.1) is 10.8 Å². The molecule has 0 saturated carbocycles. The molecular formula is C24H36Zr. The van der Waals surface area contributed by atoms with E-state index in [2.05, 4.69) is 69.2 Å². The van der Waals surface area contributed by atoms with Crippen LogP contribution in [0.3, 0.4) is 0 Å². The zero-order chi connectivity index (χ0) is 18.9. The van der Waals surface area contributed by atoms with E-state index >= 15 is 0 Å². The summed E-state index contributed by atoms with van der Waals surface area (Å²) in [4.78, 5) is 0. The van der Waals surface area contributed by atoms with Gasteiger partial charge in [0.05, 0.1) is 0 Å². The van der Waals surface area contributed by atoms with Crippen molar-refractivity contribution in [2.45, 2.75) is 89.3 Å². The minimum atomic E-state index is -0.506. The molecule has 0 radical (unpaired) electrons. The fraction of sp³-hybridized carbons (Fsp3) is 0.667. The Labute approximate surface area is 167 Å². The molecule has 3 aliphatic rings. The molecule has 1 heteroatoms. The third-order valence-electron chi connectivity index (χ3n) is 8.13. The van der Waals surface area contributed by atoms with Crippen molar-refractivity contribution in [3.8, 4) is 0 Å². The summed E-state index contributed by atoms with van der Waals surface area (Å²) in [5.74, 6) is 0. The second kappa shape index (κ2) is 5.92. The zero-order valence-electron chi connectivity index (χ0n) is 18.1. The van der Waals surface area contributed by atoms with Gasteiger partial charge in [0, 0.05) is 0 Å². The fourth-order valence-electron chi connectivity index (χ4n) is 6.19. The van der Waals surface area contributed by atoms with Gasteiger partial charge >= 0.3 is 168 Å². The number of rotatable bonds is 2. The molecule has 0 aromatic carbocycles. The molecule has 0 spiro atoms. The molecule has 1 fully saturated rings. The first-order valence-corrected chi connectivity index (χ1v) is 12.9. The Kier molecular flexibility index (Phi) is 4.64. The summed E-state index contributed by atoms with van der Waals surface area (Å²) >= 11 is -0.506. The van der Waals surface area contributed by atoms with Gasteiger partial charge in [0.1, 0.15) is 0 Å². The predicted octanol–water partition coefficient (Wildman–Crippen LogP) is 7.83. The van der Waals surface area contributed by atoms with Gasteiger partial charge in [0.2, 0.25) is 0 Å². The Bertz CT molecular complexity index is 696. The van der Waals surface area contributed by atoms with Crippen LogP contribution in [0.1, 0.15) is 82.1 Å². The Balaban J connectivity index is 2.30. The van der Waals surface area contributed by atoms with Crippen molar-refractivity contribution in [3.05, 3.63) is 44.6 Å². The Morgan fingerprint density at radius 1 is 0.640 bits per heavy atom. The summed E-state index contributed by atoms with van der Waals surface area (Å²) < 4.78 is 1.97. The number of allylic oxidation sites excluding steroid dienone is 8. The quantitative estimate of drug-likeness (QED) is 0.431. The van der Waals surface area contributed by atoms with Gasteiger partial charge in [-0.2, -0.15) is 0 Å². The van der Waals surface area contributed by atoms with Crippen molar-refractivity contribution in [2.75, 3.05) is 0 Å². The van der Waals surface area contributed by atoms with Crippen LogP contribution >= 0.6 is 0 Å². The molecule has 1 aliphatic heterocycles. The van der Waals surface area contributed by atoms with Gasteiger partial charge in [0.15, 0.2) is 0 Å². The van der Waals surface area contributed by atoms with Crippen molar-refractivity contribution in [1.82, 2.24) is 0 Å². The Morgan fingerprint density at radius 3 is 1.28 bits per heavy atom. The Hall–Kier alpha value is -0.157. The number of hydrogen-bond donors (Lipinski definition) is 0. The van der Waals surface area contributed by atoms with E-state index in [1.165, 1.54) is 12.8 Å². The van der Waals surface area contributed by atoms with E-state index in [9.17, 15) is 0 Å². The molecule has 2 aliphatic carbocycles. The Morgan fingerprint density at radius 2 is 1.04 bits per heavy atom. The molecule has 0 atom stereocenters. The van der Waals surface area contributed by atoms with Crippen LogP contribution < -0.4 is 0 Å². The van der Waals surface area contributed by atoms with Crippen molar-refractivity contribution in [3.63, 3.8) is 0 Å². The van der Waals surface area contributed by atoms with Crippen LogP contribution in [-0.2, 0) is 23.2 Å². The molecule has 1 saturated heterocycles. The van der Waals surface area contributed by atoms with Crippen LogP contribution in [-0.4, -0.2) is 0 Å².